The van der Waals surface area contributed by atoms with Crippen LogP contribution >= 0.6 is 0 Å². The van der Waals surface area contributed by atoms with E-state index < -0.39 is 27.7 Å². The summed E-state index contributed by atoms with van der Waals surface area (Å²) in [5.74, 6) is -2.51. The Balaban J connectivity index is 1.95. The fourth-order valence-corrected chi connectivity index (χ4v) is 5.37. The second kappa shape index (κ2) is 10.0. The lowest BCUT2D eigenvalue weighted by atomic mass is 10.0. The first-order chi connectivity index (χ1) is 17.3. The van der Waals surface area contributed by atoms with Gasteiger partial charge in [-0.05, 0) is 24.3 Å². The highest BCUT2D eigenvalue weighted by molar-refractivity contribution is 7.89. The number of allylic oxidation sites excluding steroid dienone is 1. The third kappa shape index (κ3) is 4.56. The average Bonchev–Trinajstić information content (AvgIpc) is 2.87. The third-order valence-electron chi connectivity index (χ3n) is 5.27. The van der Waals surface area contributed by atoms with Crippen LogP contribution in [0.1, 0.15) is 33.2 Å². The fraction of sp³-hybridized carbons (Fsp3) is 0.0741. The number of rotatable bonds is 7. The molecule has 3 aromatic carbocycles. The van der Waals surface area contributed by atoms with Crippen molar-refractivity contribution >= 4 is 33.5 Å². The average molecular weight is 504 g/mol. The number of ketones is 1. The summed E-state index contributed by atoms with van der Waals surface area (Å²) in [6.07, 6.45) is 1.33. The molecule has 0 atom stereocenters. The number of benzene rings is 3. The van der Waals surface area contributed by atoms with Crippen molar-refractivity contribution in [2.75, 3.05) is 6.54 Å². The smallest absolute Gasteiger partial charge is 0.347 e. The molecule has 1 aliphatic rings. The van der Waals surface area contributed by atoms with Crippen LogP contribution < -0.4 is 4.74 Å². The molecule has 1 heterocycles. The van der Waals surface area contributed by atoms with Crippen LogP contribution in [0.2, 0.25) is 0 Å². The summed E-state index contributed by atoms with van der Waals surface area (Å²) in [6, 6.07) is 19.9. The summed E-state index contributed by atoms with van der Waals surface area (Å²) in [6.45, 7) is 4.57. The molecule has 182 valence electrons. The van der Waals surface area contributed by atoms with E-state index in [1.165, 1.54) is 55.5 Å². The summed E-state index contributed by atoms with van der Waals surface area (Å²) in [5.41, 5.74) is -0.161. The van der Waals surface area contributed by atoms with Gasteiger partial charge in [-0.1, -0.05) is 60.7 Å². The van der Waals surface area contributed by atoms with Crippen LogP contribution in [0.3, 0.4) is 0 Å². The number of nitrogens with zero attached hydrogens (tertiary/aromatic N) is 1. The van der Waals surface area contributed by atoms with Gasteiger partial charge < -0.3 is 9.47 Å². The summed E-state index contributed by atoms with van der Waals surface area (Å²) in [7, 11) is -4.18. The van der Waals surface area contributed by atoms with Gasteiger partial charge in [0.1, 0.15) is 17.0 Å². The normalized spacial score (nSPS) is 14.0. The van der Waals surface area contributed by atoms with Crippen molar-refractivity contribution in [3.63, 3.8) is 0 Å². The number of Topliss-reactive ketones (excluding diaryl/α,β-unsaturated/α-hetero) is 1. The van der Waals surface area contributed by atoms with Gasteiger partial charge in [-0.15, -0.1) is 6.58 Å². The third-order valence-corrected chi connectivity index (χ3v) is 7.09. The molecule has 0 radical (unpaired) electrons. The Morgan fingerprint density at radius 3 is 2.22 bits per heavy atom. The van der Waals surface area contributed by atoms with Gasteiger partial charge in [0.25, 0.3) is 10.0 Å². The van der Waals surface area contributed by atoms with E-state index in [9.17, 15) is 22.8 Å². The van der Waals surface area contributed by atoms with Crippen molar-refractivity contribution in [3.05, 3.63) is 114 Å². The number of ether oxygens (including phenoxy) is 2. The number of fused-ring (bicyclic) bond motifs is 1. The van der Waals surface area contributed by atoms with Gasteiger partial charge in [-0.3, -0.25) is 13.9 Å². The molecule has 4 rings (SSSR count). The number of para-hydroxylation sites is 1. The molecule has 36 heavy (non-hydrogen) atoms. The molecule has 0 amide bonds. The quantitative estimate of drug-likeness (QED) is 0.206. The predicted octanol–water partition coefficient (Wildman–Crippen LogP) is 4.21. The molecular formula is C27H21NO7S. The van der Waals surface area contributed by atoms with Crippen LogP contribution in [0.5, 0.6) is 5.75 Å². The van der Waals surface area contributed by atoms with Gasteiger partial charge >= 0.3 is 11.9 Å². The van der Waals surface area contributed by atoms with Gasteiger partial charge in [0, 0.05) is 18.1 Å². The fourth-order valence-electron chi connectivity index (χ4n) is 3.74. The molecular weight excluding hydrogens is 482 g/mol. The lowest BCUT2D eigenvalue weighted by Gasteiger charge is -2.32. The van der Waals surface area contributed by atoms with E-state index in [1.807, 2.05) is 0 Å². The van der Waals surface area contributed by atoms with E-state index in [-0.39, 0.29) is 45.3 Å². The minimum atomic E-state index is -4.18. The summed E-state index contributed by atoms with van der Waals surface area (Å²) >= 11 is 0. The number of sulfonamides is 1. The largest absolute Gasteiger partial charge is 0.426 e. The zero-order valence-corrected chi connectivity index (χ0v) is 20.0. The number of esters is 2. The van der Waals surface area contributed by atoms with Crippen molar-refractivity contribution in [1.29, 1.82) is 0 Å². The van der Waals surface area contributed by atoms with Crippen LogP contribution in [0.15, 0.2) is 102 Å². The van der Waals surface area contributed by atoms with Crippen LogP contribution in [-0.2, 0) is 19.6 Å². The van der Waals surface area contributed by atoms with Gasteiger partial charge in [0.05, 0.1) is 11.4 Å². The Kier molecular flexibility index (Phi) is 6.84. The van der Waals surface area contributed by atoms with Crippen LogP contribution in [0.4, 0.5) is 0 Å². The topological polar surface area (TPSA) is 107 Å². The molecule has 9 heteroatoms. The van der Waals surface area contributed by atoms with E-state index >= 15 is 0 Å². The SMILES string of the molecule is C=CCN1C(C(=O)c2ccccc2)=C(OC(=O)c2ccccc2OC(C)=O)c2ccccc2S1(=O)=O. The van der Waals surface area contributed by atoms with E-state index in [1.54, 1.807) is 36.4 Å². The first-order valence-electron chi connectivity index (χ1n) is 10.8. The molecule has 1 aliphatic heterocycles. The Hall–Kier alpha value is -4.50. The molecule has 0 N–H and O–H groups in total. The summed E-state index contributed by atoms with van der Waals surface area (Å²) in [5, 5.41) is 0. The minimum absolute atomic E-state index is 0.0359. The number of carbonyl (C=O) groups excluding carboxylic acids is 3. The number of carbonyl (C=O) groups is 3. The maximum absolute atomic E-state index is 13.7. The second-order valence-corrected chi connectivity index (χ2v) is 9.50. The molecule has 0 spiro atoms. The van der Waals surface area contributed by atoms with Crippen molar-refractivity contribution in [1.82, 2.24) is 4.31 Å². The van der Waals surface area contributed by atoms with Gasteiger partial charge in [-0.25, -0.2) is 13.2 Å². The van der Waals surface area contributed by atoms with E-state index in [0.717, 1.165) is 4.31 Å². The Morgan fingerprint density at radius 2 is 1.53 bits per heavy atom. The Labute approximate surface area is 208 Å². The maximum atomic E-state index is 13.7. The molecule has 8 nitrogen and oxygen atoms in total. The molecule has 0 unspecified atom stereocenters. The molecule has 0 fully saturated rings. The molecule has 3 aromatic rings. The summed E-state index contributed by atoms with van der Waals surface area (Å²) in [4.78, 5) is 38.4. The molecule has 0 bridgehead atoms. The van der Waals surface area contributed by atoms with E-state index in [4.69, 9.17) is 9.47 Å². The summed E-state index contributed by atoms with van der Waals surface area (Å²) < 4.78 is 38.8. The molecule has 0 aliphatic carbocycles. The monoisotopic (exact) mass is 503 g/mol. The first kappa shape index (κ1) is 24.6. The van der Waals surface area contributed by atoms with Crippen molar-refractivity contribution in [3.8, 4) is 5.75 Å². The second-order valence-electron chi connectivity index (χ2n) is 7.67. The van der Waals surface area contributed by atoms with Gasteiger partial charge in [-0.2, -0.15) is 0 Å². The van der Waals surface area contributed by atoms with Crippen LogP contribution in [0, 0.1) is 0 Å². The minimum Gasteiger partial charge on any atom is -0.426 e. The highest BCUT2D eigenvalue weighted by Gasteiger charge is 2.41. The standard InChI is InChI=1S/C27H21NO7S/c1-3-17-28-24(25(30)19-11-5-4-6-12-19)26(21-14-8-10-16-23(21)36(28,32)33)35-27(31)20-13-7-9-15-22(20)34-18(2)29/h3-16H,1,17H2,2H3. The van der Waals surface area contributed by atoms with Gasteiger partial charge in [0.2, 0.25) is 5.78 Å². The van der Waals surface area contributed by atoms with Crippen LogP contribution in [0.25, 0.3) is 5.76 Å². The zero-order chi connectivity index (χ0) is 25.9. The van der Waals surface area contributed by atoms with Crippen molar-refractivity contribution < 1.29 is 32.3 Å². The highest BCUT2D eigenvalue weighted by Crippen LogP contribution is 2.39. The maximum Gasteiger partial charge on any atom is 0.347 e. The van der Waals surface area contributed by atoms with E-state index in [2.05, 4.69) is 6.58 Å². The number of hydrogen-bond acceptors (Lipinski definition) is 7. The molecule has 0 saturated heterocycles. The van der Waals surface area contributed by atoms with Gasteiger partial charge in [0.15, 0.2) is 5.76 Å². The van der Waals surface area contributed by atoms with Crippen LogP contribution in [-0.4, -0.2) is 37.0 Å². The Morgan fingerprint density at radius 1 is 0.889 bits per heavy atom. The Bertz CT molecular complexity index is 1510. The molecule has 0 saturated carbocycles. The predicted molar refractivity (Wildman–Crippen MR) is 131 cm³/mol. The first-order valence-corrected chi connectivity index (χ1v) is 12.3. The van der Waals surface area contributed by atoms with Crippen molar-refractivity contribution in [2.24, 2.45) is 0 Å². The van der Waals surface area contributed by atoms with E-state index in [0.29, 0.717) is 0 Å². The lowest BCUT2D eigenvalue weighted by Crippen LogP contribution is -2.38. The lowest BCUT2D eigenvalue weighted by molar-refractivity contribution is -0.131. The number of hydrogen-bond donors (Lipinski definition) is 0. The van der Waals surface area contributed by atoms with Crippen molar-refractivity contribution in [2.45, 2.75) is 11.8 Å². The zero-order valence-electron chi connectivity index (χ0n) is 19.2. The highest BCUT2D eigenvalue weighted by atomic mass is 32.2. The molecule has 0 aromatic heterocycles.